The summed E-state index contributed by atoms with van der Waals surface area (Å²) < 4.78 is 27.6. The second-order valence-corrected chi connectivity index (χ2v) is 6.26. The Labute approximate surface area is 155 Å². The Kier molecular flexibility index (Phi) is 3.40. The summed E-state index contributed by atoms with van der Waals surface area (Å²) in [7, 11) is 4.85. The fourth-order valence-electron chi connectivity index (χ4n) is 3.63. The van der Waals surface area contributed by atoms with Crippen LogP contribution in [0.25, 0.3) is 32.4 Å². The molecule has 0 unspecified atom stereocenters. The van der Waals surface area contributed by atoms with Gasteiger partial charge in [0, 0.05) is 21.5 Å². The molecular formula is C21H17NO5. The molecule has 0 spiro atoms. The Morgan fingerprint density at radius 1 is 0.741 bits per heavy atom. The fraction of sp³-hybridized carbons (Fsp3) is 0.190. The van der Waals surface area contributed by atoms with Crippen molar-refractivity contribution in [3.8, 4) is 28.9 Å². The lowest BCUT2D eigenvalue weighted by Gasteiger charge is -2.14. The van der Waals surface area contributed by atoms with Crippen LogP contribution in [0, 0.1) is 0 Å². The van der Waals surface area contributed by atoms with E-state index in [1.165, 1.54) is 0 Å². The molecule has 6 heteroatoms. The molecule has 27 heavy (non-hydrogen) atoms. The van der Waals surface area contributed by atoms with Crippen molar-refractivity contribution in [3.05, 3.63) is 36.4 Å². The predicted molar refractivity (Wildman–Crippen MR) is 103 cm³/mol. The van der Waals surface area contributed by atoms with E-state index >= 15 is 0 Å². The van der Waals surface area contributed by atoms with E-state index in [9.17, 15) is 0 Å². The van der Waals surface area contributed by atoms with Crippen molar-refractivity contribution >= 4 is 32.4 Å². The lowest BCUT2D eigenvalue weighted by atomic mass is 10.0. The lowest BCUT2D eigenvalue weighted by molar-refractivity contribution is 0.174. The monoisotopic (exact) mass is 363 g/mol. The molecule has 0 aliphatic carbocycles. The number of hydrogen-bond donors (Lipinski definition) is 0. The van der Waals surface area contributed by atoms with E-state index in [0.29, 0.717) is 17.4 Å². The summed E-state index contributed by atoms with van der Waals surface area (Å²) in [6, 6.07) is 11.9. The first kappa shape index (κ1) is 15.8. The van der Waals surface area contributed by atoms with Crippen LogP contribution >= 0.6 is 0 Å². The quantitative estimate of drug-likeness (QED) is 0.506. The molecule has 1 aliphatic heterocycles. The Morgan fingerprint density at radius 2 is 1.44 bits per heavy atom. The second kappa shape index (κ2) is 5.81. The number of fused-ring (bicyclic) bond motifs is 6. The van der Waals surface area contributed by atoms with E-state index in [0.717, 1.165) is 43.9 Å². The highest BCUT2D eigenvalue weighted by Gasteiger charge is 2.19. The molecule has 136 valence electrons. The van der Waals surface area contributed by atoms with Crippen LogP contribution < -0.4 is 23.7 Å². The van der Waals surface area contributed by atoms with E-state index in [4.69, 9.17) is 28.7 Å². The van der Waals surface area contributed by atoms with Gasteiger partial charge in [0.15, 0.2) is 23.0 Å². The van der Waals surface area contributed by atoms with Gasteiger partial charge in [0.1, 0.15) is 0 Å². The standard InChI is InChI=1S/C21H17NO5/c1-23-16-8-14-12-5-4-11-6-18-19(27-10-26-18)7-13(11)20(12)22-21(25-3)15(14)9-17(16)24-2/h4-9H,10H2,1-3H3. The van der Waals surface area contributed by atoms with Crippen molar-refractivity contribution in [2.24, 2.45) is 0 Å². The average Bonchev–Trinajstić information content (AvgIpc) is 3.17. The van der Waals surface area contributed by atoms with Crippen LogP contribution in [0.3, 0.4) is 0 Å². The predicted octanol–water partition coefficient (Wildman–Crippen LogP) is 4.30. The van der Waals surface area contributed by atoms with Crippen molar-refractivity contribution in [1.82, 2.24) is 4.98 Å². The van der Waals surface area contributed by atoms with Gasteiger partial charge in [-0.05, 0) is 29.7 Å². The molecule has 0 radical (unpaired) electrons. The van der Waals surface area contributed by atoms with Crippen molar-refractivity contribution in [2.45, 2.75) is 0 Å². The second-order valence-electron chi connectivity index (χ2n) is 6.26. The molecule has 0 saturated heterocycles. The summed E-state index contributed by atoms with van der Waals surface area (Å²) in [4.78, 5) is 4.79. The zero-order valence-corrected chi connectivity index (χ0v) is 15.2. The van der Waals surface area contributed by atoms with Crippen LogP contribution in [-0.4, -0.2) is 33.1 Å². The van der Waals surface area contributed by atoms with Crippen LogP contribution in [0.2, 0.25) is 0 Å². The molecule has 6 nitrogen and oxygen atoms in total. The fourth-order valence-corrected chi connectivity index (χ4v) is 3.63. The number of hydrogen-bond acceptors (Lipinski definition) is 6. The van der Waals surface area contributed by atoms with Gasteiger partial charge in [-0.15, -0.1) is 0 Å². The van der Waals surface area contributed by atoms with E-state index in [1.807, 2.05) is 24.3 Å². The van der Waals surface area contributed by atoms with Gasteiger partial charge >= 0.3 is 0 Å². The molecule has 0 N–H and O–H groups in total. The Morgan fingerprint density at radius 3 is 2.15 bits per heavy atom. The smallest absolute Gasteiger partial charge is 0.231 e. The van der Waals surface area contributed by atoms with Gasteiger partial charge in [0.05, 0.1) is 26.8 Å². The third-order valence-electron chi connectivity index (χ3n) is 4.94. The average molecular weight is 363 g/mol. The summed E-state index contributed by atoms with van der Waals surface area (Å²) in [5.41, 5.74) is 0.836. The van der Waals surface area contributed by atoms with Crippen molar-refractivity contribution in [2.75, 3.05) is 28.1 Å². The Bertz CT molecular complexity index is 1220. The first-order chi connectivity index (χ1) is 13.2. The molecule has 0 bridgehead atoms. The summed E-state index contributed by atoms with van der Waals surface area (Å²) in [5.74, 6) is 3.30. The molecule has 1 aromatic heterocycles. The Balaban J connectivity index is 1.93. The zero-order valence-electron chi connectivity index (χ0n) is 15.2. The number of rotatable bonds is 3. The molecule has 3 aromatic carbocycles. The van der Waals surface area contributed by atoms with Crippen molar-refractivity contribution in [1.29, 1.82) is 0 Å². The molecule has 2 heterocycles. The first-order valence-electron chi connectivity index (χ1n) is 8.49. The lowest BCUT2D eigenvalue weighted by Crippen LogP contribution is -1.95. The van der Waals surface area contributed by atoms with Crippen LogP contribution in [-0.2, 0) is 0 Å². The third-order valence-corrected chi connectivity index (χ3v) is 4.94. The van der Waals surface area contributed by atoms with Gasteiger partial charge in [-0.2, -0.15) is 0 Å². The maximum atomic E-state index is 5.59. The highest BCUT2D eigenvalue weighted by molar-refractivity contribution is 6.17. The number of pyridine rings is 1. The number of nitrogens with zero attached hydrogens (tertiary/aromatic N) is 1. The molecule has 5 rings (SSSR count). The summed E-state index contributed by atoms with van der Waals surface area (Å²) in [6.45, 7) is 0.236. The van der Waals surface area contributed by atoms with E-state index < -0.39 is 0 Å². The van der Waals surface area contributed by atoms with E-state index in [-0.39, 0.29) is 6.79 Å². The van der Waals surface area contributed by atoms with Gasteiger partial charge < -0.3 is 23.7 Å². The highest BCUT2D eigenvalue weighted by atomic mass is 16.7. The van der Waals surface area contributed by atoms with Crippen molar-refractivity contribution in [3.63, 3.8) is 0 Å². The maximum absolute atomic E-state index is 5.59. The first-order valence-corrected chi connectivity index (χ1v) is 8.49. The minimum Gasteiger partial charge on any atom is -0.493 e. The van der Waals surface area contributed by atoms with Gasteiger partial charge in [-0.25, -0.2) is 4.98 Å². The summed E-state index contributed by atoms with van der Waals surface area (Å²) in [5, 5.41) is 4.85. The number of benzene rings is 3. The third kappa shape index (κ3) is 2.23. The van der Waals surface area contributed by atoms with Crippen molar-refractivity contribution < 1.29 is 23.7 Å². The molecular weight excluding hydrogens is 346 g/mol. The summed E-state index contributed by atoms with van der Waals surface area (Å²) >= 11 is 0. The topological polar surface area (TPSA) is 59.0 Å². The number of methoxy groups -OCH3 is 3. The largest absolute Gasteiger partial charge is 0.493 e. The van der Waals surface area contributed by atoms with E-state index in [2.05, 4.69) is 12.1 Å². The molecule has 1 aliphatic rings. The van der Waals surface area contributed by atoms with Crippen LogP contribution in [0.15, 0.2) is 36.4 Å². The van der Waals surface area contributed by atoms with E-state index in [1.54, 1.807) is 21.3 Å². The molecule has 0 amide bonds. The Hall–Kier alpha value is -3.41. The van der Waals surface area contributed by atoms with Gasteiger partial charge in [0.2, 0.25) is 12.7 Å². The molecule has 0 atom stereocenters. The zero-order chi connectivity index (χ0) is 18.5. The molecule has 0 fully saturated rings. The normalized spacial score (nSPS) is 12.7. The van der Waals surface area contributed by atoms with Crippen LogP contribution in [0.4, 0.5) is 0 Å². The minimum absolute atomic E-state index is 0.236. The van der Waals surface area contributed by atoms with Gasteiger partial charge in [-0.1, -0.05) is 12.1 Å². The van der Waals surface area contributed by atoms with Gasteiger partial charge in [-0.3, -0.25) is 0 Å². The van der Waals surface area contributed by atoms with Crippen LogP contribution in [0.5, 0.6) is 28.9 Å². The maximum Gasteiger partial charge on any atom is 0.231 e. The number of aromatic nitrogens is 1. The molecule has 0 saturated carbocycles. The van der Waals surface area contributed by atoms with Crippen LogP contribution in [0.1, 0.15) is 0 Å². The van der Waals surface area contributed by atoms with Gasteiger partial charge in [0.25, 0.3) is 0 Å². The minimum atomic E-state index is 0.236. The molecule has 4 aromatic rings. The SMILES string of the molecule is COc1cc2c(OC)nc3c4cc5c(cc4ccc3c2cc1OC)OCO5. The number of ether oxygens (including phenoxy) is 5. The highest BCUT2D eigenvalue weighted by Crippen LogP contribution is 2.43. The summed E-state index contributed by atoms with van der Waals surface area (Å²) in [6.07, 6.45) is 0.